The summed E-state index contributed by atoms with van der Waals surface area (Å²) in [6, 6.07) is 8.49. The zero-order chi connectivity index (χ0) is 13.8. The number of esters is 1. The molecule has 1 heterocycles. The first-order valence-corrected chi connectivity index (χ1v) is 5.72. The van der Waals surface area contributed by atoms with E-state index in [1.165, 1.54) is 6.07 Å². The highest BCUT2D eigenvalue weighted by atomic mass is 16.6. The van der Waals surface area contributed by atoms with Crippen LogP contribution in [0.2, 0.25) is 0 Å². The fraction of sp³-hybridized carbons (Fsp3) is 0.154. The van der Waals surface area contributed by atoms with E-state index in [-0.39, 0.29) is 24.2 Å². The number of nitrogen functional groups attached to an aromatic ring is 1. The van der Waals surface area contributed by atoms with E-state index in [9.17, 15) is 4.79 Å². The first kappa shape index (κ1) is 12.8. The highest BCUT2D eigenvalue weighted by molar-refractivity contribution is 5.95. The highest BCUT2D eigenvalue weighted by Gasteiger charge is 2.10. The van der Waals surface area contributed by atoms with Crippen molar-refractivity contribution in [2.24, 2.45) is 5.73 Å². The summed E-state index contributed by atoms with van der Waals surface area (Å²) in [5, 5.41) is 11.1. The van der Waals surface area contributed by atoms with Crippen LogP contribution in [0.4, 0.5) is 0 Å². The summed E-state index contributed by atoms with van der Waals surface area (Å²) >= 11 is 0. The van der Waals surface area contributed by atoms with Crippen molar-refractivity contribution < 1.29 is 14.1 Å². The van der Waals surface area contributed by atoms with Crippen molar-refractivity contribution in [1.82, 2.24) is 5.16 Å². The third kappa shape index (κ3) is 2.98. The van der Waals surface area contributed by atoms with Gasteiger partial charge in [-0.15, -0.1) is 0 Å². The number of amidine groups is 1. The molecule has 98 valence electrons. The van der Waals surface area contributed by atoms with Crippen molar-refractivity contribution in [3.63, 3.8) is 0 Å². The molecule has 2 rings (SSSR count). The standard InChI is InChI=1S/C13H13N3O3/c1-2-11(17)18-12-7-10(16-19-12)8-3-5-9(6-4-8)13(14)15/h3-7H,2H2,1H3,(H3,14,15). The maximum atomic E-state index is 11.1. The van der Waals surface area contributed by atoms with Gasteiger partial charge in [0.15, 0.2) is 0 Å². The van der Waals surface area contributed by atoms with Gasteiger partial charge in [0.25, 0.3) is 0 Å². The van der Waals surface area contributed by atoms with Crippen molar-refractivity contribution in [2.75, 3.05) is 0 Å². The Hall–Kier alpha value is -2.63. The number of ether oxygens (including phenoxy) is 1. The lowest BCUT2D eigenvalue weighted by Crippen LogP contribution is -2.10. The predicted octanol–water partition coefficient (Wildman–Crippen LogP) is 1.94. The molecule has 0 unspecified atom stereocenters. The van der Waals surface area contributed by atoms with E-state index in [4.69, 9.17) is 20.4 Å². The molecule has 0 bridgehead atoms. The normalized spacial score (nSPS) is 10.2. The topological polar surface area (TPSA) is 102 Å². The second-order valence-corrected chi connectivity index (χ2v) is 3.85. The molecule has 0 atom stereocenters. The fourth-order valence-corrected chi connectivity index (χ4v) is 1.45. The van der Waals surface area contributed by atoms with Gasteiger partial charge in [0.1, 0.15) is 11.5 Å². The van der Waals surface area contributed by atoms with Crippen LogP contribution in [-0.2, 0) is 4.79 Å². The average Bonchev–Trinajstić information content (AvgIpc) is 2.87. The molecule has 0 spiro atoms. The summed E-state index contributed by atoms with van der Waals surface area (Å²) in [5.41, 5.74) is 7.33. The smallest absolute Gasteiger partial charge is 0.319 e. The van der Waals surface area contributed by atoms with Gasteiger partial charge in [-0.1, -0.05) is 36.3 Å². The molecule has 0 amide bonds. The molecule has 19 heavy (non-hydrogen) atoms. The maximum absolute atomic E-state index is 11.1. The van der Waals surface area contributed by atoms with Crippen molar-refractivity contribution >= 4 is 11.8 Å². The van der Waals surface area contributed by atoms with Crippen molar-refractivity contribution in [1.29, 1.82) is 5.41 Å². The van der Waals surface area contributed by atoms with Crippen LogP contribution in [0.25, 0.3) is 11.3 Å². The van der Waals surface area contributed by atoms with Crippen LogP contribution in [0.15, 0.2) is 34.9 Å². The van der Waals surface area contributed by atoms with Gasteiger partial charge in [-0.05, 0) is 0 Å². The summed E-state index contributed by atoms with van der Waals surface area (Å²) in [4.78, 5) is 11.1. The predicted molar refractivity (Wildman–Crippen MR) is 68.9 cm³/mol. The number of nitrogens with two attached hydrogens (primary N) is 1. The summed E-state index contributed by atoms with van der Waals surface area (Å²) in [6.07, 6.45) is 0.267. The number of hydrogen-bond acceptors (Lipinski definition) is 5. The monoisotopic (exact) mass is 259 g/mol. The number of carbonyl (C=O) groups is 1. The SMILES string of the molecule is CCC(=O)Oc1cc(-c2ccc(C(=N)N)cc2)no1. The molecule has 0 aliphatic rings. The second kappa shape index (κ2) is 5.34. The number of carbonyl (C=O) groups excluding carboxylic acids is 1. The zero-order valence-corrected chi connectivity index (χ0v) is 10.3. The Labute approximate surface area is 109 Å². The summed E-state index contributed by atoms with van der Waals surface area (Å²) in [7, 11) is 0. The van der Waals surface area contributed by atoms with Crippen LogP contribution in [0, 0.1) is 5.41 Å². The van der Waals surface area contributed by atoms with Crippen molar-refractivity contribution in [3.05, 3.63) is 35.9 Å². The van der Waals surface area contributed by atoms with E-state index in [2.05, 4.69) is 5.16 Å². The van der Waals surface area contributed by atoms with Crippen molar-refractivity contribution in [2.45, 2.75) is 13.3 Å². The summed E-state index contributed by atoms with van der Waals surface area (Å²) in [5.74, 6) is -0.309. The third-order valence-corrected chi connectivity index (χ3v) is 2.48. The third-order valence-electron chi connectivity index (χ3n) is 2.48. The van der Waals surface area contributed by atoms with Gasteiger partial charge in [-0.3, -0.25) is 10.2 Å². The van der Waals surface area contributed by atoms with Crippen molar-refractivity contribution in [3.8, 4) is 17.2 Å². The molecule has 0 aliphatic carbocycles. The van der Waals surface area contributed by atoms with Crippen LogP contribution in [0.1, 0.15) is 18.9 Å². The second-order valence-electron chi connectivity index (χ2n) is 3.85. The quantitative estimate of drug-likeness (QED) is 0.496. The Kier molecular flexibility index (Phi) is 3.61. The molecular weight excluding hydrogens is 246 g/mol. The van der Waals surface area contributed by atoms with Gasteiger partial charge in [-0.2, -0.15) is 0 Å². The molecule has 1 aromatic carbocycles. The van der Waals surface area contributed by atoms with Gasteiger partial charge < -0.3 is 15.0 Å². The largest absolute Gasteiger partial charge is 0.391 e. The van der Waals surface area contributed by atoms with Crippen LogP contribution >= 0.6 is 0 Å². The van der Waals surface area contributed by atoms with E-state index >= 15 is 0 Å². The minimum Gasteiger partial charge on any atom is -0.391 e. The lowest BCUT2D eigenvalue weighted by atomic mass is 10.1. The minimum atomic E-state index is -0.380. The van der Waals surface area contributed by atoms with Gasteiger partial charge in [0.2, 0.25) is 0 Å². The van der Waals surface area contributed by atoms with Crippen LogP contribution in [0.3, 0.4) is 0 Å². The van der Waals surface area contributed by atoms with Gasteiger partial charge in [0.05, 0.1) is 6.07 Å². The molecule has 0 saturated carbocycles. The molecule has 0 saturated heterocycles. The van der Waals surface area contributed by atoms with E-state index < -0.39 is 0 Å². The highest BCUT2D eigenvalue weighted by Crippen LogP contribution is 2.23. The zero-order valence-electron chi connectivity index (χ0n) is 10.3. The van der Waals surface area contributed by atoms with E-state index in [0.29, 0.717) is 11.3 Å². The van der Waals surface area contributed by atoms with Gasteiger partial charge in [0, 0.05) is 17.5 Å². The summed E-state index contributed by atoms with van der Waals surface area (Å²) in [6.45, 7) is 1.69. The van der Waals surface area contributed by atoms with Crippen LogP contribution in [-0.4, -0.2) is 17.0 Å². The number of nitrogens with one attached hydrogen (secondary N) is 1. The first-order valence-electron chi connectivity index (χ1n) is 5.72. The fourth-order valence-electron chi connectivity index (χ4n) is 1.45. The molecule has 0 fully saturated rings. The van der Waals surface area contributed by atoms with Crippen LogP contribution < -0.4 is 10.5 Å². The molecule has 6 heteroatoms. The van der Waals surface area contributed by atoms with Crippen LogP contribution in [0.5, 0.6) is 5.95 Å². The van der Waals surface area contributed by atoms with E-state index in [1.807, 2.05) is 0 Å². The Bertz CT molecular complexity index is 602. The lowest BCUT2D eigenvalue weighted by Gasteiger charge is -1.99. The number of benzene rings is 1. The number of nitrogens with zero attached hydrogens (tertiary/aromatic N) is 1. The molecule has 0 radical (unpaired) electrons. The average molecular weight is 259 g/mol. The number of hydrogen-bond donors (Lipinski definition) is 2. The molecular formula is C13H13N3O3. The van der Waals surface area contributed by atoms with Gasteiger partial charge in [-0.25, -0.2) is 0 Å². The first-order chi connectivity index (χ1) is 9.10. The minimum absolute atomic E-state index is 0.00395. The number of rotatable bonds is 4. The lowest BCUT2D eigenvalue weighted by molar-refractivity contribution is -0.135. The summed E-state index contributed by atoms with van der Waals surface area (Å²) < 4.78 is 9.81. The van der Waals surface area contributed by atoms with E-state index in [0.717, 1.165) is 5.56 Å². The molecule has 1 aromatic heterocycles. The molecule has 3 N–H and O–H groups in total. The Morgan fingerprint density at radius 2 is 2.11 bits per heavy atom. The Morgan fingerprint density at radius 1 is 1.42 bits per heavy atom. The number of aromatic nitrogens is 1. The van der Waals surface area contributed by atoms with E-state index in [1.54, 1.807) is 31.2 Å². The molecule has 0 aliphatic heterocycles. The molecule has 6 nitrogen and oxygen atoms in total. The Balaban J connectivity index is 2.18. The molecule has 2 aromatic rings. The Morgan fingerprint density at radius 3 is 2.68 bits per heavy atom. The maximum Gasteiger partial charge on any atom is 0.319 e. The van der Waals surface area contributed by atoms with Gasteiger partial charge >= 0.3 is 11.9 Å².